The van der Waals surface area contributed by atoms with Crippen LogP contribution in [0.3, 0.4) is 0 Å². The Balaban J connectivity index is 0.000000299. The van der Waals surface area contributed by atoms with Crippen LogP contribution in [-0.4, -0.2) is 23.6 Å². The second-order valence-corrected chi connectivity index (χ2v) is 6.58. The Hall–Kier alpha value is -2.21. The second kappa shape index (κ2) is 10.6. The van der Waals surface area contributed by atoms with Crippen LogP contribution in [0.2, 0.25) is 0 Å². The van der Waals surface area contributed by atoms with Crippen molar-refractivity contribution in [3.8, 4) is 24.2 Å². The number of carbonyl (C=O) groups is 1. The zero-order chi connectivity index (χ0) is 18.7. The molecule has 0 saturated heterocycles. The van der Waals surface area contributed by atoms with E-state index in [1.807, 2.05) is 0 Å². The van der Waals surface area contributed by atoms with Crippen LogP contribution in [0, 0.1) is 49.2 Å². The number of rotatable bonds is 3. The van der Waals surface area contributed by atoms with Crippen molar-refractivity contribution in [1.29, 1.82) is 0 Å². The largest absolute Gasteiger partial charge is 0.516 e. The number of terminal acetylenes is 1. The summed E-state index contributed by atoms with van der Waals surface area (Å²) >= 11 is 3.10. The standard InChI is InChI=1S/C14H14N2.C6H7BrO2/c1-4-7-14(15-2,16-3)13-9-11-5-6-12(8-11)10-13;1-6(8)9-5-3-2-4-7/h1,9,11-12H,5-8,10H2;4-5H2,1H3. The topological polar surface area (TPSA) is 35.0 Å². The SMILES string of the molecule is CC(=O)OCC#CCBr.[C-]#[N+]C(CC#C)([N+]#[C-])C1=CC2CCC(C1)C2. The van der Waals surface area contributed by atoms with E-state index in [1.165, 1.54) is 26.2 Å². The average Bonchev–Trinajstić information content (AvgIpc) is 2.95. The molecule has 0 radical (unpaired) electrons. The number of halogens is 1. The molecule has 0 aliphatic heterocycles. The van der Waals surface area contributed by atoms with Gasteiger partial charge in [0.1, 0.15) is 5.57 Å². The Kier molecular flexibility index (Phi) is 8.84. The molecule has 0 heterocycles. The molecule has 2 rings (SSSR count). The number of hydrogen-bond donors (Lipinski definition) is 0. The van der Waals surface area contributed by atoms with E-state index in [0.29, 0.717) is 17.2 Å². The quantitative estimate of drug-likeness (QED) is 0.233. The first-order valence-corrected chi connectivity index (χ1v) is 9.20. The van der Waals surface area contributed by atoms with Crippen LogP contribution in [0.25, 0.3) is 9.69 Å². The number of nitrogens with zero attached hydrogens (tertiary/aromatic N) is 2. The predicted octanol–water partition coefficient (Wildman–Crippen LogP) is 4.24. The predicted molar refractivity (Wildman–Crippen MR) is 101 cm³/mol. The maximum absolute atomic E-state index is 10.1. The van der Waals surface area contributed by atoms with Gasteiger partial charge in [0.15, 0.2) is 13.0 Å². The van der Waals surface area contributed by atoms with E-state index >= 15 is 0 Å². The lowest BCUT2D eigenvalue weighted by atomic mass is 9.82. The van der Waals surface area contributed by atoms with Gasteiger partial charge in [-0.2, -0.15) is 0 Å². The highest BCUT2D eigenvalue weighted by Crippen LogP contribution is 2.45. The average molecular weight is 401 g/mol. The number of hydrogen-bond acceptors (Lipinski definition) is 2. The minimum Gasteiger partial charge on any atom is -0.453 e. The molecule has 2 aliphatic rings. The summed E-state index contributed by atoms with van der Waals surface area (Å²) in [7, 11) is 0. The highest BCUT2D eigenvalue weighted by molar-refractivity contribution is 9.09. The molecule has 0 amide bonds. The minimum absolute atomic E-state index is 0.195. The maximum Gasteiger partial charge on any atom is 0.516 e. The fraction of sp³-hybridized carbons (Fsp3) is 0.550. The molecule has 0 aromatic carbocycles. The molecule has 5 heteroatoms. The minimum atomic E-state index is -1.09. The molecule has 1 saturated carbocycles. The molecule has 4 nitrogen and oxygen atoms in total. The van der Waals surface area contributed by atoms with Crippen molar-refractivity contribution in [2.24, 2.45) is 11.8 Å². The highest BCUT2D eigenvalue weighted by Gasteiger charge is 2.50. The number of esters is 1. The van der Waals surface area contributed by atoms with E-state index in [2.05, 4.69) is 54.2 Å². The number of carbonyl (C=O) groups excluding carboxylic acids is 1. The van der Waals surface area contributed by atoms with E-state index in [0.717, 1.165) is 12.0 Å². The van der Waals surface area contributed by atoms with Crippen LogP contribution in [0.1, 0.15) is 39.0 Å². The number of ether oxygens (including phenoxy) is 1. The summed E-state index contributed by atoms with van der Waals surface area (Å²) in [4.78, 5) is 17.2. The molecule has 25 heavy (non-hydrogen) atoms. The van der Waals surface area contributed by atoms with E-state index in [-0.39, 0.29) is 19.0 Å². The van der Waals surface area contributed by atoms with Crippen molar-refractivity contribution in [2.75, 3.05) is 11.9 Å². The Morgan fingerprint density at radius 1 is 1.44 bits per heavy atom. The monoisotopic (exact) mass is 400 g/mol. The number of alkyl halides is 1. The van der Waals surface area contributed by atoms with Gasteiger partial charge in [0.2, 0.25) is 0 Å². The Morgan fingerprint density at radius 3 is 2.68 bits per heavy atom. The third-order valence-electron chi connectivity index (χ3n) is 4.30. The van der Waals surface area contributed by atoms with Crippen LogP contribution in [0.4, 0.5) is 0 Å². The molecule has 2 unspecified atom stereocenters. The van der Waals surface area contributed by atoms with Crippen molar-refractivity contribution in [1.82, 2.24) is 0 Å². The molecule has 130 valence electrons. The highest BCUT2D eigenvalue weighted by atomic mass is 79.9. The van der Waals surface area contributed by atoms with Crippen molar-refractivity contribution < 1.29 is 9.53 Å². The zero-order valence-electron chi connectivity index (χ0n) is 14.3. The molecule has 0 spiro atoms. The Labute approximate surface area is 158 Å². The molecule has 2 aliphatic carbocycles. The molecule has 0 aromatic heterocycles. The van der Waals surface area contributed by atoms with Gasteiger partial charge in [-0.05, 0) is 37.5 Å². The molecule has 0 aromatic rings. The zero-order valence-corrected chi connectivity index (χ0v) is 15.9. The fourth-order valence-corrected chi connectivity index (χ4v) is 3.35. The first kappa shape index (κ1) is 20.8. The number of fused-ring (bicyclic) bond motifs is 2. The Bertz CT molecular complexity index is 680. The van der Waals surface area contributed by atoms with Gasteiger partial charge in [0, 0.05) is 6.92 Å². The van der Waals surface area contributed by atoms with E-state index in [1.54, 1.807) is 0 Å². The van der Waals surface area contributed by atoms with Gasteiger partial charge in [-0.1, -0.05) is 39.8 Å². The lowest BCUT2D eigenvalue weighted by Gasteiger charge is -2.20. The number of allylic oxidation sites excluding steroid dienone is 1. The summed E-state index contributed by atoms with van der Waals surface area (Å²) in [5.74, 6) is 8.79. The van der Waals surface area contributed by atoms with Crippen molar-refractivity contribution in [2.45, 2.75) is 44.7 Å². The summed E-state index contributed by atoms with van der Waals surface area (Å²) in [6.45, 7) is 16.1. The summed E-state index contributed by atoms with van der Waals surface area (Å²) < 4.78 is 4.51. The maximum atomic E-state index is 10.1. The van der Waals surface area contributed by atoms with Crippen molar-refractivity contribution in [3.63, 3.8) is 0 Å². The molecule has 2 atom stereocenters. The molecular weight excluding hydrogens is 380 g/mol. The normalized spacial score (nSPS) is 20.2. The van der Waals surface area contributed by atoms with Crippen molar-refractivity contribution in [3.05, 3.63) is 34.5 Å². The van der Waals surface area contributed by atoms with Gasteiger partial charge in [0.05, 0.1) is 5.33 Å². The lowest BCUT2D eigenvalue weighted by molar-refractivity contribution is -0.139. The molecule has 0 N–H and O–H groups in total. The van der Waals surface area contributed by atoms with Gasteiger partial charge in [-0.25, -0.2) is 22.8 Å². The molecule has 1 fully saturated rings. The van der Waals surface area contributed by atoms with Crippen LogP contribution in [-0.2, 0) is 9.53 Å². The van der Waals surface area contributed by atoms with Crippen LogP contribution >= 0.6 is 15.9 Å². The van der Waals surface area contributed by atoms with Gasteiger partial charge >= 0.3 is 11.6 Å². The van der Waals surface area contributed by atoms with E-state index in [4.69, 9.17) is 19.6 Å². The summed E-state index contributed by atoms with van der Waals surface area (Å²) in [5.41, 5.74) is -0.0927. The molecule has 2 bridgehead atoms. The van der Waals surface area contributed by atoms with Gasteiger partial charge in [0.25, 0.3) is 0 Å². The van der Waals surface area contributed by atoms with Crippen molar-refractivity contribution >= 4 is 21.9 Å². The smallest absolute Gasteiger partial charge is 0.453 e. The van der Waals surface area contributed by atoms with E-state index in [9.17, 15) is 4.79 Å². The summed E-state index contributed by atoms with van der Waals surface area (Å²) in [6, 6.07) is 0. The third-order valence-corrected chi connectivity index (χ3v) is 4.58. The first-order valence-electron chi connectivity index (χ1n) is 8.08. The first-order chi connectivity index (χ1) is 12.0. The van der Waals surface area contributed by atoms with E-state index < -0.39 is 5.66 Å². The summed E-state index contributed by atoms with van der Waals surface area (Å²) in [6.07, 6.45) is 12.3. The van der Waals surface area contributed by atoms with Gasteiger partial charge in [-0.3, -0.25) is 4.79 Å². The summed E-state index contributed by atoms with van der Waals surface area (Å²) in [5, 5.41) is 0.619. The van der Waals surface area contributed by atoms with Crippen LogP contribution < -0.4 is 0 Å². The second-order valence-electron chi connectivity index (χ2n) is 6.02. The van der Waals surface area contributed by atoms with Crippen LogP contribution in [0.15, 0.2) is 11.6 Å². The van der Waals surface area contributed by atoms with Gasteiger partial charge in [-0.15, -0.1) is 6.42 Å². The molecular formula is C20H21BrN2O2. The fourth-order valence-electron chi connectivity index (χ4n) is 3.15. The lowest BCUT2D eigenvalue weighted by Crippen LogP contribution is -2.26. The Morgan fingerprint density at radius 2 is 2.16 bits per heavy atom. The third kappa shape index (κ3) is 6.31. The van der Waals surface area contributed by atoms with Crippen LogP contribution in [0.5, 0.6) is 0 Å². The van der Waals surface area contributed by atoms with Gasteiger partial charge < -0.3 is 4.74 Å².